The minimum atomic E-state index is 0.666. The van der Waals surface area contributed by atoms with Crippen LogP contribution >= 0.6 is 0 Å². The second-order valence-corrected chi connectivity index (χ2v) is 5.87. The third kappa shape index (κ3) is 5.12. The van der Waals surface area contributed by atoms with Crippen LogP contribution in [0, 0.1) is 5.92 Å². The van der Waals surface area contributed by atoms with Crippen molar-refractivity contribution in [1.82, 2.24) is 10.3 Å². The normalized spacial score (nSPS) is 16.1. The van der Waals surface area contributed by atoms with E-state index in [-0.39, 0.29) is 0 Å². The van der Waals surface area contributed by atoms with Crippen molar-refractivity contribution in [1.29, 1.82) is 0 Å². The van der Waals surface area contributed by atoms with E-state index in [1.54, 1.807) is 0 Å². The lowest BCUT2D eigenvalue weighted by molar-refractivity contribution is 0.230. The summed E-state index contributed by atoms with van der Waals surface area (Å²) >= 11 is 0. The fraction of sp³-hybridized carbons (Fsp3) is 0.706. The SMILES string of the molecule is CCCCC(CC)COc1cnccc1CNC1CC1. The molecule has 1 unspecified atom stereocenters. The van der Waals surface area contributed by atoms with Crippen LogP contribution < -0.4 is 10.1 Å². The Morgan fingerprint density at radius 3 is 2.95 bits per heavy atom. The lowest BCUT2D eigenvalue weighted by atomic mass is 10.0. The average Bonchev–Trinajstić information content (AvgIpc) is 3.30. The van der Waals surface area contributed by atoms with Gasteiger partial charge in [-0.15, -0.1) is 0 Å². The Bertz CT molecular complexity index is 390. The van der Waals surface area contributed by atoms with Gasteiger partial charge in [-0.05, 0) is 31.2 Å². The van der Waals surface area contributed by atoms with Crippen LogP contribution in [0.2, 0.25) is 0 Å². The summed E-state index contributed by atoms with van der Waals surface area (Å²) in [5.41, 5.74) is 1.23. The van der Waals surface area contributed by atoms with E-state index in [2.05, 4.69) is 30.2 Å². The van der Waals surface area contributed by atoms with E-state index in [1.165, 1.54) is 44.1 Å². The molecular weight excluding hydrogens is 248 g/mol. The van der Waals surface area contributed by atoms with Gasteiger partial charge in [-0.2, -0.15) is 0 Å². The van der Waals surface area contributed by atoms with Gasteiger partial charge >= 0.3 is 0 Å². The molecule has 2 rings (SSSR count). The summed E-state index contributed by atoms with van der Waals surface area (Å²) in [6.07, 6.45) is 11.4. The van der Waals surface area contributed by atoms with Crippen molar-refractivity contribution in [2.75, 3.05) is 6.61 Å². The van der Waals surface area contributed by atoms with Gasteiger partial charge in [0, 0.05) is 24.3 Å². The van der Waals surface area contributed by atoms with Gasteiger partial charge in [0.15, 0.2) is 0 Å². The molecule has 1 aliphatic carbocycles. The second kappa shape index (κ2) is 8.25. The van der Waals surface area contributed by atoms with Gasteiger partial charge in [0.25, 0.3) is 0 Å². The number of rotatable bonds is 10. The van der Waals surface area contributed by atoms with E-state index < -0.39 is 0 Å². The van der Waals surface area contributed by atoms with Crippen molar-refractivity contribution < 1.29 is 4.74 Å². The molecule has 0 aromatic carbocycles. The van der Waals surface area contributed by atoms with Crippen molar-refractivity contribution in [2.45, 2.75) is 65.0 Å². The van der Waals surface area contributed by atoms with Crippen molar-refractivity contribution in [2.24, 2.45) is 5.92 Å². The molecule has 3 heteroatoms. The van der Waals surface area contributed by atoms with Gasteiger partial charge in [-0.25, -0.2) is 0 Å². The molecule has 1 aliphatic rings. The molecule has 0 bridgehead atoms. The molecule has 1 fully saturated rings. The molecule has 1 saturated carbocycles. The first kappa shape index (κ1) is 15.3. The number of hydrogen-bond donors (Lipinski definition) is 1. The van der Waals surface area contributed by atoms with E-state index >= 15 is 0 Å². The molecule has 0 spiro atoms. The number of aromatic nitrogens is 1. The van der Waals surface area contributed by atoms with Gasteiger partial charge < -0.3 is 10.1 Å². The number of hydrogen-bond acceptors (Lipinski definition) is 3. The molecule has 0 aliphatic heterocycles. The molecule has 112 valence electrons. The smallest absolute Gasteiger partial charge is 0.142 e. The number of unbranched alkanes of at least 4 members (excludes halogenated alkanes) is 1. The van der Waals surface area contributed by atoms with Gasteiger partial charge in [0.1, 0.15) is 5.75 Å². The summed E-state index contributed by atoms with van der Waals surface area (Å²) in [5.74, 6) is 1.62. The van der Waals surface area contributed by atoms with Crippen LogP contribution in [-0.2, 0) is 6.54 Å². The Morgan fingerprint density at radius 2 is 2.25 bits per heavy atom. The zero-order valence-corrected chi connectivity index (χ0v) is 12.9. The fourth-order valence-corrected chi connectivity index (χ4v) is 2.33. The largest absolute Gasteiger partial charge is 0.491 e. The minimum Gasteiger partial charge on any atom is -0.491 e. The maximum atomic E-state index is 6.04. The monoisotopic (exact) mass is 276 g/mol. The maximum Gasteiger partial charge on any atom is 0.142 e. The number of nitrogens with zero attached hydrogens (tertiary/aromatic N) is 1. The van der Waals surface area contributed by atoms with Crippen molar-refractivity contribution in [3.63, 3.8) is 0 Å². The highest BCUT2D eigenvalue weighted by Gasteiger charge is 2.20. The lowest BCUT2D eigenvalue weighted by Gasteiger charge is -2.17. The van der Waals surface area contributed by atoms with Crippen LogP contribution in [0.15, 0.2) is 18.5 Å². The third-order valence-electron chi connectivity index (χ3n) is 4.05. The van der Waals surface area contributed by atoms with E-state index in [1.807, 2.05) is 12.4 Å². The van der Waals surface area contributed by atoms with Crippen LogP contribution in [0.25, 0.3) is 0 Å². The predicted molar refractivity (Wildman–Crippen MR) is 82.9 cm³/mol. The summed E-state index contributed by atoms with van der Waals surface area (Å²) < 4.78 is 6.04. The van der Waals surface area contributed by atoms with Crippen LogP contribution in [0.1, 0.15) is 57.9 Å². The Balaban J connectivity index is 1.83. The van der Waals surface area contributed by atoms with Gasteiger partial charge in [0.05, 0.1) is 12.8 Å². The fourth-order valence-electron chi connectivity index (χ4n) is 2.33. The highest BCUT2D eigenvalue weighted by Crippen LogP contribution is 2.23. The van der Waals surface area contributed by atoms with E-state index in [0.29, 0.717) is 5.92 Å². The summed E-state index contributed by atoms with van der Waals surface area (Å²) in [4.78, 5) is 4.20. The molecule has 0 amide bonds. The Hall–Kier alpha value is -1.09. The molecule has 0 saturated heterocycles. The number of ether oxygens (including phenoxy) is 1. The first-order valence-electron chi connectivity index (χ1n) is 8.12. The summed E-state index contributed by atoms with van der Waals surface area (Å²) in [6, 6.07) is 2.79. The molecule has 3 nitrogen and oxygen atoms in total. The van der Waals surface area contributed by atoms with Crippen LogP contribution in [0.4, 0.5) is 0 Å². The Labute approximate surface area is 123 Å². The van der Waals surface area contributed by atoms with E-state index in [9.17, 15) is 0 Å². The number of nitrogens with one attached hydrogen (secondary N) is 1. The predicted octanol–water partition coefficient (Wildman–Crippen LogP) is 3.93. The van der Waals surface area contributed by atoms with Crippen LogP contribution in [0.3, 0.4) is 0 Å². The first-order valence-corrected chi connectivity index (χ1v) is 8.12. The molecule has 1 aromatic heterocycles. The lowest BCUT2D eigenvalue weighted by Crippen LogP contribution is -2.17. The Kier molecular flexibility index (Phi) is 6.31. The first-order chi connectivity index (χ1) is 9.83. The van der Waals surface area contributed by atoms with Gasteiger partial charge in [-0.3, -0.25) is 4.98 Å². The standard InChI is InChI=1S/C17H28N2O/c1-3-5-6-14(4-2)13-20-17-12-18-10-9-15(17)11-19-16-7-8-16/h9-10,12,14,16,19H,3-8,11,13H2,1-2H3. The minimum absolute atomic E-state index is 0.666. The molecule has 0 radical (unpaired) electrons. The zero-order valence-electron chi connectivity index (χ0n) is 12.9. The maximum absolute atomic E-state index is 6.04. The summed E-state index contributed by atoms with van der Waals surface area (Å²) in [5, 5.41) is 3.54. The Morgan fingerprint density at radius 1 is 1.40 bits per heavy atom. The van der Waals surface area contributed by atoms with Crippen molar-refractivity contribution in [3.8, 4) is 5.75 Å². The molecular formula is C17H28N2O. The zero-order chi connectivity index (χ0) is 14.2. The van der Waals surface area contributed by atoms with Crippen LogP contribution in [0.5, 0.6) is 5.75 Å². The molecule has 1 heterocycles. The summed E-state index contributed by atoms with van der Waals surface area (Å²) in [7, 11) is 0. The number of pyridine rings is 1. The van der Waals surface area contributed by atoms with Crippen LogP contribution in [-0.4, -0.2) is 17.6 Å². The van der Waals surface area contributed by atoms with Gasteiger partial charge in [-0.1, -0.05) is 33.1 Å². The topological polar surface area (TPSA) is 34.1 Å². The molecule has 1 aromatic rings. The average molecular weight is 276 g/mol. The molecule has 1 N–H and O–H groups in total. The molecule has 1 atom stereocenters. The van der Waals surface area contributed by atoms with Gasteiger partial charge in [0.2, 0.25) is 0 Å². The van der Waals surface area contributed by atoms with E-state index in [4.69, 9.17) is 4.74 Å². The third-order valence-corrected chi connectivity index (χ3v) is 4.05. The highest BCUT2D eigenvalue weighted by atomic mass is 16.5. The quantitative estimate of drug-likeness (QED) is 0.703. The summed E-state index contributed by atoms with van der Waals surface area (Å²) in [6.45, 7) is 6.21. The van der Waals surface area contributed by atoms with E-state index in [0.717, 1.165) is 24.9 Å². The second-order valence-electron chi connectivity index (χ2n) is 5.87. The molecule has 20 heavy (non-hydrogen) atoms. The highest BCUT2D eigenvalue weighted by molar-refractivity contribution is 5.29. The van der Waals surface area contributed by atoms with Crippen molar-refractivity contribution >= 4 is 0 Å². The van der Waals surface area contributed by atoms with Crippen molar-refractivity contribution in [3.05, 3.63) is 24.0 Å².